The van der Waals surface area contributed by atoms with Gasteiger partial charge in [-0.3, -0.25) is 9.69 Å². The van der Waals surface area contributed by atoms with E-state index in [1.807, 2.05) is 32.0 Å². The molecule has 0 spiro atoms. The van der Waals surface area contributed by atoms with Gasteiger partial charge < -0.3 is 10.0 Å². The van der Waals surface area contributed by atoms with E-state index in [0.29, 0.717) is 13.1 Å². The van der Waals surface area contributed by atoms with Gasteiger partial charge in [-0.2, -0.15) is 0 Å². The Hall–Kier alpha value is -2.04. The second kappa shape index (κ2) is 5.94. The van der Waals surface area contributed by atoms with Crippen LogP contribution in [0.5, 0.6) is 0 Å². The summed E-state index contributed by atoms with van der Waals surface area (Å²) >= 11 is 0. The van der Waals surface area contributed by atoms with E-state index in [9.17, 15) is 14.7 Å². The minimum Gasteiger partial charge on any atom is -0.481 e. The van der Waals surface area contributed by atoms with Crippen molar-refractivity contribution in [3.05, 3.63) is 29.8 Å². The molecule has 1 heterocycles. The number of aliphatic carboxylic acids is 1. The van der Waals surface area contributed by atoms with Crippen molar-refractivity contribution in [1.82, 2.24) is 4.90 Å². The molecule has 2 rings (SSSR count). The third-order valence-corrected chi connectivity index (χ3v) is 3.64. The van der Waals surface area contributed by atoms with E-state index in [-0.39, 0.29) is 12.6 Å². The molecule has 0 aromatic heterocycles. The predicted molar refractivity (Wildman–Crippen MR) is 77.1 cm³/mol. The molecule has 0 bridgehead atoms. The lowest BCUT2D eigenvalue weighted by atomic mass is 10.0. The number of nitrogens with zero attached hydrogens (tertiary/aromatic N) is 2. The van der Waals surface area contributed by atoms with Gasteiger partial charge in [-0.15, -0.1) is 0 Å². The van der Waals surface area contributed by atoms with Crippen LogP contribution < -0.4 is 4.90 Å². The molecule has 1 atom stereocenters. The van der Waals surface area contributed by atoms with E-state index >= 15 is 0 Å². The van der Waals surface area contributed by atoms with E-state index in [0.717, 1.165) is 17.7 Å². The summed E-state index contributed by atoms with van der Waals surface area (Å²) in [6.45, 7) is 5.49. The maximum absolute atomic E-state index is 12.6. The number of rotatable bonds is 4. The maximum atomic E-state index is 12.6. The lowest BCUT2D eigenvalue weighted by molar-refractivity contribution is -0.138. The van der Waals surface area contributed by atoms with E-state index in [1.165, 1.54) is 0 Å². The number of carboxylic acid groups (broad SMARTS) is 1. The van der Waals surface area contributed by atoms with E-state index in [4.69, 9.17) is 0 Å². The normalized spacial score (nSPS) is 16.9. The highest BCUT2D eigenvalue weighted by molar-refractivity contribution is 5.98. The second-order valence-corrected chi connectivity index (χ2v) is 4.92. The summed E-state index contributed by atoms with van der Waals surface area (Å²) in [4.78, 5) is 27.2. The van der Waals surface area contributed by atoms with Gasteiger partial charge in [0.15, 0.2) is 0 Å². The summed E-state index contributed by atoms with van der Waals surface area (Å²) in [7, 11) is 0. The molecule has 1 aliphatic heterocycles. The number of urea groups is 1. The first-order chi connectivity index (χ1) is 9.60. The number of hydrogen-bond donors (Lipinski definition) is 1. The number of para-hydroxylation sites is 1. The van der Waals surface area contributed by atoms with Gasteiger partial charge in [0.1, 0.15) is 5.92 Å². The van der Waals surface area contributed by atoms with Crippen molar-refractivity contribution in [2.24, 2.45) is 0 Å². The van der Waals surface area contributed by atoms with Gasteiger partial charge in [0.2, 0.25) is 0 Å². The summed E-state index contributed by atoms with van der Waals surface area (Å²) in [6.07, 6.45) is 0.886. The van der Waals surface area contributed by atoms with Crippen molar-refractivity contribution >= 4 is 17.7 Å². The predicted octanol–water partition coefficient (Wildman–Crippen LogP) is 2.53. The number of carboxylic acids is 1. The first kappa shape index (κ1) is 14.4. The third-order valence-electron chi connectivity index (χ3n) is 3.64. The molecule has 5 heteroatoms. The van der Waals surface area contributed by atoms with E-state index in [2.05, 4.69) is 0 Å². The fourth-order valence-electron chi connectivity index (χ4n) is 2.63. The largest absolute Gasteiger partial charge is 0.481 e. The van der Waals surface area contributed by atoms with Gasteiger partial charge in [0.05, 0.1) is 0 Å². The molecule has 20 heavy (non-hydrogen) atoms. The van der Waals surface area contributed by atoms with Gasteiger partial charge >= 0.3 is 12.0 Å². The molecule has 108 valence electrons. The Morgan fingerprint density at radius 3 is 2.65 bits per heavy atom. The Bertz CT molecular complexity index is 516. The van der Waals surface area contributed by atoms with Crippen LogP contribution in [-0.4, -0.2) is 41.6 Å². The molecule has 0 aliphatic carbocycles. The van der Waals surface area contributed by atoms with Crippen molar-refractivity contribution in [1.29, 1.82) is 0 Å². The molecule has 1 aromatic carbocycles. The number of hydrogen-bond acceptors (Lipinski definition) is 2. The standard InChI is InChI=1S/C15H20N2O3/c1-3-9-16(4-2)15(20)17-10-12(14(18)19)11-7-5-6-8-13(11)17/h5-8,12H,3-4,9-10H2,1-2H3,(H,18,19). The Morgan fingerprint density at radius 2 is 2.05 bits per heavy atom. The summed E-state index contributed by atoms with van der Waals surface area (Å²) in [6, 6.07) is 7.14. The molecule has 2 amide bonds. The molecular weight excluding hydrogens is 256 g/mol. The number of amides is 2. The minimum absolute atomic E-state index is 0.106. The van der Waals surface area contributed by atoms with Crippen LogP contribution in [0.25, 0.3) is 0 Å². The van der Waals surface area contributed by atoms with Crippen LogP contribution in [0, 0.1) is 0 Å². The van der Waals surface area contributed by atoms with Crippen molar-refractivity contribution < 1.29 is 14.7 Å². The molecule has 1 aromatic rings. The Morgan fingerprint density at radius 1 is 1.35 bits per heavy atom. The van der Waals surface area contributed by atoms with Crippen LogP contribution in [0.15, 0.2) is 24.3 Å². The van der Waals surface area contributed by atoms with Gasteiger partial charge in [-0.05, 0) is 25.0 Å². The van der Waals surface area contributed by atoms with E-state index < -0.39 is 11.9 Å². The Labute approximate surface area is 118 Å². The minimum atomic E-state index is -0.883. The van der Waals surface area contributed by atoms with Gasteiger partial charge in [0.25, 0.3) is 0 Å². The van der Waals surface area contributed by atoms with Crippen molar-refractivity contribution in [2.75, 3.05) is 24.5 Å². The van der Waals surface area contributed by atoms with Crippen LogP contribution in [0.4, 0.5) is 10.5 Å². The highest BCUT2D eigenvalue weighted by atomic mass is 16.4. The Balaban J connectivity index is 2.30. The molecule has 1 aliphatic rings. The quantitative estimate of drug-likeness (QED) is 0.919. The van der Waals surface area contributed by atoms with Crippen LogP contribution >= 0.6 is 0 Å². The SMILES string of the molecule is CCCN(CC)C(=O)N1CC(C(=O)O)c2ccccc21. The fourth-order valence-corrected chi connectivity index (χ4v) is 2.63. The number of anilines is 1. The van der Waals surface area contributed by atoms with Crippen LogP contribution in [0.2, 0.25) is 0 Å². The zero-order valence-electron chi connectivity index (χ0n) is 11.9. The number of carbonyl (C=O) groups excluding carboxylic acids is 1. The summed E-state index contributed by atoms with van der Waals surface area (Å²) < 4.78 is 0. The highest BCUT2D eigenvalue weighted by Crippen LogP contribution is 2.36. The third kappa shape index (κ3) is 2.48. The molecule has 1 unspecified atom stereocenters. The van der Waals surface area contributed by atoms with Crippen LogP contribution in [0.3, 0.4) is 0 Å². The second-order valence-electron chi connectivity index (χ2n) is 4.92. The number of benzene rings is 1. The van der Waals surface area contributed by atoms with Crippen molar-refractivity contribution in [2.45, 2.75) is 26.2 Å². The number of fused-ring (bicyclic) bond motifs is 1. The molecule has 0 radical (unpaired) electrons. The highest BCUT2D eigenvalue weighted by Gasteiger charge is 2.37. The zero-order valence-corrected chi connectivity index (χ0v) is 11.9. The van der Waals surface area contributed by atoms with Gasteiger partial charge in [0, 0.05) is 25.3 Å². The summed E-state index contributed by atoms with van der Waals surface area (Å²) in [5.41, 5.74) is 1.44. The smallest absolute Gasteiger partial charge is 0.324 e. The molecular formula is C15H20N2O3. The molecule has 5 nitrogen and oxygen atoms in total. The summed E-state index contributed by atoms with van der Waals surface area (Å²) in [5.74, 6) is -1.51. The first-order valence-corrected chi connectivity index (χ1v) is 6.98. The summed E-state index contributed by atoms with van der Waals surface area (Å²) in [5, 5.41) is 9.31. The zero-order chi connectivity index (χ0) is 14.7. The molecule has 0 saturated carbocycles. The first-order valence-electron chi connectivity index (χ1n) is 6.98. The van der Waals surface area contributed by atoms with Gasteiger partial charge in [-0.1, -0.05) is 25.1 Å². The fraction of sp³-hybridized carbons (Fsp3) is 0.467. The molecule has 1 N–H and O–H groups in total. The molecule has 0 saturated heterocycles. The average Bonchev–Trinajstić information content (AvgIpc) is 2.84. The van der Waals surface area contributed by atoms with Crippen molar-refractivity contribution in [3.63, 3.8) is 0 Å². The maximum Gasteiger partial charge on any atom is 0.324 e. The van der Waals surface area contributed by atoms with Crippen molar-refractivity contribution in [3.8, 4) is 0 Å². The van der Waals surface area contributed by atoms with E-state index in [1.54, 1.807) is 15.9 Å². The lowest BCUT2D eigenvalue weighted by Gasteiger charge is -2.27. The number of carbonyl (C=O) groups is 2. The lowest BCUT2D eigenvalue weighted by Crippen LogP contribution is -2.43. The topological polar surface area (TPSA) is 60.9 Å². The monoisotopic (exact) mass is 276 g/mol. The molecule has 0 fully saturated rings. The van der Waals surface area contributed by atoms with Gasteiger partial charge in [-0.25, -0.2) is 4.79 Å². The Kier molecular flexibility index (Phi) is 4.27. The van der Waals surface area contributed by atoms with Crippen LogP contribution in [0.1, 0.15) is 31.7 Å². The van der Waals surface area contributed by atoms with Crippen LogP contribution in [-0.2, 0) is 4.79 Å². The average molecular weight is 276 g/mol.